The third-order valence-electron chi connectivity index (χ3n) is 1.58. The number of hydrogen-bond donors (Lipinski definition) is 0. The highest BCUT2D eigenvalue weighted by atomic mass is 35.5. The van der Waals surface area contributed by atoms with Gasteiger partial charge in [0.25, 0.3) is 0 Å². The second-order valence-electron chi connectivity index (χ2n) is 2.58. The molecule has 0 N–H and O–H groups in total. The van der Waals surface area contributed by atoms with Crippen molar-refractivity contribution in [2.75, 3.05) is 0 Å². The van der Waals surface area contributed by atoms with Crippen molar-refractivity contribution in [2.45, 2.75) is 6.18 Å². The molecule has 0 amide bonds. The summed E-state index contributed by atoms with van der Waals surface area (Å²) in [6, 6.07) is 1.39. The van der Waals surface area contributed by atoms with Crippen LogP contribution < -0.4 is 0 Å². The lowest BCUT2D eigenvalue weighted by Crippen LogP contribution is -2.04. The maximum Gasteiger partial charge on any atom is 0.434 e. The first-order chi connectivity index (χ1) is 6.47. The molecule has 0 aliphatic heterocycles. The molecule has 7 heteroatoms. The van der Waals surface area contributed by atoms with E-state index in [4.69, 9.17) is 11.6 Å². The van der Waals surface area contributed by atoms with Gasteiger partial charge in [-0.3, -0.25) is 4.40 Å². The van der Waals surface area contributed by atoms with Crippen LogP contribution in [0.3, 0.4) is 0 Å². The molecule has 0 fully saturated rings. The van der Waals surface area contributed by atoms with Crippen LogP contribution in [0.5, 0.6) is 0 Å². The molecule has 0 saturated carbocycles. The Morgan fingerprint density at radius 1 is 1.29 bits per heavy atom. The highest BCUT2D eigenvalue weighted by Gasteiger charge is 2.34. The van der Waals surface area contributed by atoms with Gasteiger partial charge in [0.05, 0.1) is 0 Å². The maximum atomic E-state index is 12.2. The van der Waals surface area contributed by atoms with E-state index in [1.807, 2.05) is 0 Å². The molecule has 2 aromatic rings. The minimum Gasteiger partial charge on any atom is -0.290 e. The number of halogens is 4. The summed E-state index contributed by atoms with van der Waals surface area (Å²) < 4.78 is 37.7. The first-order valence-corrected chi connectivity index (χ1v) is 3.93. The van der Waals surface area contributed by atoms with Crippen LogP contribution in [0.25, 0.3) is 5.78 Å². The van der Waals surface area contributed by atoms with E-state index in [0.29, 0.717) is 0 Å². The molecule has 74 valence electrons. The molecule has 14 heavy (non-hydrogen) atoms. The van der Waals surface area contributed by atoms with Crippen molar-refractivity contribution in [3.63, 3.8) is 0 Å². The van der Waals surface area contributed by atoms with Gasteiger partial charge in [-0.25, -0.2) is 9.97 Å². The monoisotopic (exact) mass is 221 g/mol. The average molecular weight is 222 g/mol. The molecular weight excluding hydrogens is 219 g/mol. The summed E-state index contributed by atoms with van der Waals surface area (Å²) in [4.78, 5) is 6.91. The fourth-order valence-corrected chi connectivity index (χ4v) is 1.12. The van der Waals surface area contributed by atoms with Crippen LogP contribution in [0.2, 0.25) is 5.15 Å². The lowest BCUT2D eigenvalue weighted by molar-refractivity contribution is -0.140. The van der Waals surface area contributed by atoms with Gasteiger partial charge in [0.15, 0.2) is 5.69 Å². The van der Waals surface area contributed by atoms with Gasteiger partial charge in [-0.2, -0.15) is 13.2 Å². The minimum atomic E-state index is -4.46. The number of rotatable bonds is 0. The zero-order valence-corrected chi connectivity index (χ0v) is 7.34. The number of nitrogens with zero attached hydrogens (tertiary/aromatic N) is 3. The Bertz CT molecular complexity index is 476. The number of aromatic nitrogens is 3. The van der Waals surface area contributed by atoms with Crippen LogP contribution in [-0.2, 0) is 6.18 Å². The van der Waals surface area contributed by atoms with E-state index < -0.39 is 11.9 Å². The van der Waals surface area contributed by atoms with E-state index in [1.54, 1.807) is 0 Å². The molecular formula is C7H3ClF3N3. The van der Waals surface area contributed by atoms with E-state index in [2.05, 4.69) is 9.97 Å². The minimum absolute atomic E-state index is 0.0650. The topological polar surface area (TPSA) is 30.2 Å². The second kappa shape index (κ2) is 2.84. The Balaban J connectivity index is 2.63. The van der Waals surface area contributed by atoms with Crippen molar-refractivity contribution in [2.24, 2.45) is 0 Å². The molecule has 0 unspecified atom stereocenters. The highest BCUT2D eigenvalue weighted by Crippen LogP contribution is 2.28. The summed E-state index contributed by atoms with van der Waals surface area (Å²) in [5.74, 6) is -0.0650. The molecule has 0 saturated heterocycles. The van der Waals surface area contributed by atoms with Gasteiger partial charge in [-0.15, -0.1) is 0 Å². The average Bonchev–Trinajstić information content (AvgIpc) is 2.45. The third-order valence-corrected chi connectivity index (χ3v) is 1.79. The number of hydrogen-bond acceptors (Lipinski definition) is 2. The van der Waals surface area contributed by atoms with Crippen LogP contribution >= 0.6 is 11.6 Å². The van der Waals surface area contributed by atoms with E-state index >= 15 is 0 Å². The molecule has 3 nitrogen and oxygen atoms in total. The molecule has 2 aromatic heterocycles. The molecule has 0 radical (unpaired) electrons. The summed E-state index contributed by atoms with van der Waals surface area (Å²) in [5, 5.41) is 0.108. The summed E-state index contributed by atoms with van der Waals surface area (Å²) in [6.45, 7) is 0. The van der Waals surface area contributed by atoms with Crippen molar-refractivity contribution in [1.29, 1.82) is 0 Å². The summed E-state index contributed by atoms with van der Waals surface area (Å²) in [5.41, 5.74) is -0.979. The molecule has 0 atom stereocenters. The van der Waals surface area contributed by atoms with Crippen LogP contribution in [0.1, 0.15) is 5.69 Å². The Kier molecular flexibility index (Phi) is 1.88. The Labute approximate surface area is 81.2 Å². The zero-order chi connectivity index (χ0) is 10.3. The van der Waals surface area contributed by atoms with Crippen molar-refractivity contribution in [1.82, 2.24) is 14.4 Å². The maximum absolute atomic E-state index is 12.2. The van der Waals surface area contributed by atoms with Crippen LogP contribution in [-0.4, -0.2) is 14.4 Å². The molecule has 0 aromatic carbocycles. The zero-order valence-electron chi connectivity index (χ0n) is 6.59. The summed E-state index contributed by atoms with van der Waals surface area (Å²) >= 11 is 5.50. The normalized spacial score (nSPS) is 12.3. The van der Waals surface area contributed by atoms with E-state index in [0.717, 1.165) is 10.6 Å². The highest BCUT2D eigenvalue weighted by molar-refractivity contribution is 6.29. The van der Waals surface area contributed by atoms with Gasteiger partial charge in [-0.05, 0) is 6.07 Å². The van der Waals surface area contributed by atoms with Crippen molar-refractivity contribution >= 4 is 17.4 Å². The first-order valence-electron chi connectivity index (χ1n) is 3.55. The van der Waals surface area contributed by atoms with Gasteiger partial charge >= 0.3 is 6.18 Å². The van der Waals surface area contributed by atoms with Crippen LogP contribution in [0.4, 0.5) is 13.2 Å². The van der Waals surface area contributed by atoms with Crippen molar-refractivity contribution < 1.29 is 13.2 Å². The SMILES string of the molecule is FC(F)(F)c1cn2ccc(Cl)nc2n1. The van der Waals surface area contributed by atoms with Gasteiger partial charge in [0.2, 0.25) is 5.78 Å². The third kappa shape index (κ3) is 1.52. The molecule has 0 aliphatic rings. The Morgan fingerprint density at radius 2 is 2.00 bits per heavy atom. The summed E-state index contributed by atoms with van der Waals surface area (Å²) in [6.07, 6.45) is -2.23. The number of imidazole rings is 1. The van der Waals surface area contributed by atoms with Crippen LogP contribution in [0.15, 0.2) is 18.5 Å². The molecule has 2 heterocycles. The van der Waals surface area contributed by atoms with E-state index in [1.165, 1.54) is 12.3 Å². The molecule has 0 aliphatic carbocycles. The van der Waals surface area contributed by atoms with E-state index in [-0.39, 0.29) is 10.9 Å². The largest absolute Gasteiger partial charge is 0.434 e. The Morgan fingerprint density at radius 3 is 2.64 bits per heavy atom. The summed E-state index contributed by atoms with van der Waals surface area (Å²) in [7, 11) is 0. The van der Waals surface area contributed by atoms with Crippen molar-refractivity contribution in [3.05, 3.63) is 29.3 Å². The van der Waals surface area contributed by atoms with Gasteiger partial charge < -0.3 is 0 Å². The van der Waals surface area contributed by atoms with Gasteiger partial charge in [-0.1, -0.05) is 11.6 Å². The quantitative estimate of drug-likeness (QED) is 0.640. The lowest BCUT2D eigenvalue weighted by atomic mass is 10.5. The van der Waals surface area contributed by atoms with Gasteiger partial charge in [0, 0.05) is 12.4 Å². The fourth-order valence-electron chi connectivity index (χ4n) is 0.987. The Hall–Kier alpha value is -1.30. The van der Waals surface area contributed by atoms with E-state index in [9.17, 15) is 13.2 Å². The van der Waals surface area contributed by atoms with Crippen molar-refractivity contribution in [3.8, 4) is 0 Å². The first kappa shape index (κ1) is 9.26. The molecule has 2 rings (SSSR count). The lowest BCUT2D eigenvalue weighted by Gasteiger charge is -1.98. The number of alkyl halides is 3. The number of fused-ring (bicyclic) bond motifs is 1. The van der Waals surface area contributed by atoms with Crippen LogP contribution in [0, 0.1) is 0 Å². The standard InChI is InChI=1S/C7H3ClF3N3/c8-5-1-2-14-3-4(7(9,10)11)12-6(14)13-5/h1-3H. The fraction of sp³-hybridized carbons (Fsp3) is 0.143. The smallest absolute Gasteiger partial charge is 0.290 e. The predicted molar refractivity (Wildman–Crippen MR) is 43.0 cm³/mol. The predicted octanol–water partition coefficient (Wildman–Crippen LogP) is 2.40. The second-order valence-corrected chi connectivity index (χ2v) is 2.97. The molecule has 0 spiro atoms. The molecule has 0 bridgehead atoms. The van der Waals surface area contributed by atoms with Gasteiger partial charge in [0.1, 0.15) is 5.15 Å².